The lowest BCUT2D eigenvalue weighted by atomic mass is 10.00. The summed E-state index contributed by atoms with van der Waals surface area (Å²) < 4.78 is 0. The summed E-state index contributed by atoms with van der Waals surface area (Å²) >= 11 is 0. The molecule has 0 spiro atoms. The fraction of sp³-hybridized carbons (Fsp3) is 0.278. The molecule has 0 fully saturated rings. The fourth-order valence-electron chi connectivity index (χ4n) is 2.93. The average molecular weight is 325 g/mol. The summed E-state index contributed by atoms with van der Waals surface area (Å²) in [6, 6.07) is 14.4. The number of fused-ring (bicyclic) bond motifs is 1. The van der Waals surface area contributed by atoms with Crippen molar-refractivity contribution in [1.29, 1.82) is 0 Å². The molecule has 0 aromatic heterocycles. The van der Waals surface area contributed by atoms with E-state index in [1.807, 2.05) is 6.07 Å². The maximum absolute atomic E-state index is 12.1. The van der Waals surface area contributed by atoms with Crippen molar-refractivity contribution in [2.75, 3.05) is 18.4 Å². The molecule has 24 heavy (non-hydrogen) atoms. The number of carbonyl (C=O) groups excluding carboxylic acids is 1. The second-order valence-electron chi connectivity index (χ2n) is 5.90. The largest absolute Gasteiger partial charge is 0.326 e. The molecule has 124 valence electrons. The first-order valence-corrected chi connectivity index (χ1v) is 7.95. The molecule has 0 saturated heterocycles. The lowest BCUT2D eigenvalue weighted by Gasteiger charge is -2.28. The molecule has 1 aliphatic rings. The van der Waals surface area contributed by atoms with E-state index in [0.29, 0.717) is 18.7 Å². The van der Waals surface area contributed by atoms with E-state index in [1.165, 1.54) is 23.3 Å². The number of nitro groups is 1. The summed E-state index contributed by atoms with van der Waals surface area (Å²) in [6.45, 7) is 2.48. The van der Waals surface area contributed by atoms with Crippen molar-refractivity contribution < 1.29 is 9.72 Å². The van der Waals surface area contributed by atoms with Gasteiger partial charge in [0.2, 0.25) is 5.91 Å². The highest BCUT2D eigenvalue weighted by Crippen LogP contribution is 2.19. The van der Waals surface area contributed by atoms with Crippen molar-refractivity contribution in [3.63, 3.8) is 0 Å². The van der Waals surface area contributed by atoms with Crippen LogP contribution in [0.3, 0.4) is 0 Å². The van der Waals surface area contributed by atoms with E-state index in [1.54, 1.807) is 12.1 Å². The maximum Gasteiger partial charge on any atom is 0.271 e. The Morgan fingerprint density at radius 1 is 1.17 bits per heavy atom. The molecule has 3 rings (SSSR count). The number of hydrogen-bond acceptors (Lipinski definition) is 4. The van der Waals surface area contributed by atoms with E-state index in [0.717, 1.165) is 19.5 Å². The van der Waals surface area contributed by atoms with Gasteiger partial charge in [-0.15, -0.1) is 0 Å². The van der Waals surface area contributed by atoms with Crippen LogP contribution in [-0.4, -0.2) is 28.8 Å². The molecule has 1 aliphatic heterocycles. The van der Waals surface area contributed by atoms with E-state index in [9.17, 15) is 14.9 Å². The van der Waals surface area contributed by atoms with Gasteiger partial charge >= 0.3 is 0 Å². The van der Waals surface area contributed by atoms with Crippen LogP contribution in [0.2, 0.25) is 0 Å². The molecule has 1 N–H and O–H groups in total. The number of amides is 1. The average Bonchev–Trinajstić information content (AvgIpc) is 2.60. The highest BCUT2D eigenvalue weighted by Gasteiger charge is 2.16. The number of nitrogens with one attached hydrogen (secondary N) is 1. The molecule has 1 heterocycles. The molecular weight excluding hydrogens is 306 g/mol. The van der Waals surface area contributed by atoms with Crippen molar-refractivity contribution in [1.82, 2.24) is 4.90 Å². The fourth-order valence-corrected chi connectivity index (χ4v) is 2.93. The van der Waals surface area contributed by atoms with Gasteiger partial charge in [-0.05, 0) is 23.6 Å². The predicted octanol–water partition coefficient (Wildman–Crippen LogP) is 2.98. The van der Waals surface area contributed by atoms with Crippen molar-refractivity contribution in [3.8, 4) is 0 Å². The summed E-state index contributed by atoms with van der Waals surface area (Å²) in [4.78, 5) is 24.6. The number of hydrogen-bond donors (Lipinski definition) is 1. The molecule has 2 aromatic rings. The predicted molar refractivity (Wildman–Crippen MR) is 91.8 cm³/mol. The van der Waals surface area contributed by atoms with Crippen LogP contribution in [-0.2, 0) is 17.8 Å². The van der Waals surface area contributed by atoms with Crippen LogP contribution in [0, 0.1) is 10.1 Å². The highest BCUT2D eigenvalue weighted by atomic mass is 16.6. The smallest absolute Gasteiger partial charge is 0.271 e. The van der Waals surface area contributed by atoms with Gasteiger partial charge in [-0.25, -0.2) is 0 Å². The third-order valence-corrected chi connectivity index (χ3v) is 4.21. The molecule has 0 atom stereocenters. The number of carbonyl (C=O) groups is 1. The topological polar surface area (TPSA) is 75.5 Å². The number of anilines is 1. The second-order valence-corrected chi connectivity index (χ2v) is 5.90. The summed E-state index contributed by atoms with van der Waals surface area (Å²) in [7, 11) is 0. The normalized spacial score (nSPS) is 14.0. The lowest BCUT2D eigenvalue weighted by molar-refractivity contribution is -0.384. The van der Waals surface area contributed by atoms with Crippen LogP contribution in [0.15, 0.2) is 48.5 Å². The Kier molecular flexibility index (Phi) is 4.86. The Morgan fingerprint density at radius 2 is 1.96 bits per heavy atom. The van der Waals surface area contributed by atoms with E-state index in [2.05, 4.69) is 28.4 Å². The third kappa shape index (κ3) is 3.97. The first-order chi connectivity index (χ1) is 11.6. The second kappa shape index (κ2) is 7.23. The molecule has 0 unspecified atom stereocenters. The van der Waals surface area contributed by atoms with Crippen LogP contribution in [0.25, 0.3) is 0 Å². The first-order valence-electron chi connectivity index (χ1n) is 7.95. The first kappa shape index (κ1) is 16.1. The number of nitro benzene ring substituents is 1. The van der Waals surface area contributed by atoms with E-state index in [4.69, 9.17) is 0 Å². The van der Waals surface area contributed by atoms with Crippen LogP contribution in [0.4, 0.5) is 11.4 Å². The molecule has 6 heteroatoms. The molecule has 1 amide bonds. The lowest BCUT2D eigenvalue weighted by Crippen LogP contribution is -2.33. The van der Waals surface area contributed by atoms with Gasteiger partial charge < -0.3 is 5.32 Å². The Labute approximate surface area is 140 Å². The molecular formula is C18H19N3O3. The highest BCUT2D eigenvalue weighted by molar-refractivity contribution is 5.91. The minimum Gasteiger partial charge on any atom is -0.326 e. The zero-order chi connectivity index (χ0) is 16.9. The standard InChI is InChI=1S/C18H19N3O3/c22-18(19-16-6-3-7-17(12-16)21(23)24)9-11-20-10-8-14-4-1-2-5-15(14)13-20/h1-7,12H,8-11,13H2,(H,19,22). The van der Waals surface area contributed by atoms with Gasteiger partial charge in [0.15, 0.2) is 0 Å². The van der Waals surface area contributed by atoms with Crippen LogP contribution >= 0.6 is 0 Å². The number of nitrogens with zero attached hydrogens (tertiary/aromatic N) is 2. The molecule has 2 aromatic carbocycles. The van der Waals surface area contributed by atoms with Gasteiger partial charge in [0, 0.05) is 43.9 Å². The Bertz CT molecular complexity index is 761. The van der Waals surface area contributed by atoms with E-state index < -0.39 is 4.92 Å². The number of rotatable bonds is 5. The van der Waals surface area contributed by atoms with Gasteiger partial charge in [-0.3, -0.25) is 19.8 Å². The minimum absolute atomic E-state index is 0.0274. The summed E-state index contributed by atoms with van der Waals surface area (Å²) in [5.74, 6) is -0.130. The Morgan fingerprint density at radius 3 is 2.75 bits per heavy atom. The van der Waals surface area contributed by atoms with Gasteiger partial charge in [0.25, 0.3) is 5.69 Å². The van der Waals surface area contributed by atoms with Gasteiger partial charge in [0.1, 0.15) is 0 Å². The summed E-state index contributed by atoms with van der Waals surface area (Å²) in [5.41, 5.74) is 3.14. The zero-order valence-corrected chi connectivity index (χ0v) is 13.3. The minimum atomic E-state index is -0.471. The maximum atomic E-state index is 12.1. The van der Waals surface area contributed by atoms with Crippen molar-refractivity contribution >= 4 is 17.3 Å². The van der Waals surface area contributed by atoms with Gasteiger partial charge in [0.05, 0.1) is 4.92 Å². The summed E-state index contributed by atoms with van der Waals surface area (Å²) in [6.07, 6.45) is 1.37. The number of benzene rings is 2. The van der Waals surface area contributed by atoms with Gasteiger partial charge in [-0.2, -0.15) is 0 Å². The SMILES string of the molecule is O=C(CCN1CCc2ccccc2C1)Nc1cccc([N+](=O)[O-])c1. The molecule has 0 radical (unpaired) electrons. The molecule has 6 nitrogen and oxygen atoms in total. The third-order valence-electron chi connectivity index (χ3n) is 4.21. The van der Waals surface area contributed by atoms with Crippen LogP contribution in [0.1, 0.15) is 17.5 Å². The Balaban J connectivity index is 1.51. The zero-order valence-electron chi connectivity index (χ0n) is 13.3. The monoisotopic (exact) mass is 325 g/mol. The molecule has 0 bridgehead atoms. The van der Waals surface area contributed by atoms with Crippen LogP contribution in [0.5, 0.6) is 0 Å². The van der Waals surface area contributed by atoms with Crippen LogP contribution < -0.4 is 5.32 Å². The van der Waals surface area contributed by atoms with Crippen molar-refractivity contribution in [2.45, 2.75) is 19.4 Å². The molecule has 0 aliphatic carbocycles. The quantitative estimate of drug-likeness (QED) is 0.677. The van der Waals surface area contributed by atoms with E-state index >= 15 is 0 Å². The van der Waals surface area contributed by atoms with E-state index in [-0.39, 0.29) is 11.6 Å². The van der Waals surface area contributed by atoms with Crippen molar-refractivity contribution in [2.24, 2.45) is 0 Å². The molecule has 0 saturated carbocycles. The van der Waals surface area contributed by atoms with Crippen molar-refractivity contribution in [3.05, 3.63) is 69.8 Å². The number of non-ortho nitro benzene ring substituents is 1. The summed E-state index contributed by atoms with van der Waals surface area (Å²) in [5, 5.41) is 13.5. The van der Waals surface area contributed by atoms with Gasteiger partial charge in [-0.1, -0.05) is 30.3 Å². The Hall–Kier alpha value is -2.73.